The molecule has 6 nitrogen and oxygen atoms in total. The monoisotopic (exact) mass is 249 g/mol. The first-order chi connectivity index (χ1) is 8.79. The molecular weight excluding hydrogens is 234 g/mol. The van der Waals surface area contributed by atoms with Crippen LogP contribution >= 0.6 is 0 Å². The molecular formula is C12H15N3O3. The number of hydrogen-bond donors (Lipinski definition) is 2. The van der Waals surface area contributed by atoms with Gasteiger partial charge in [-0.25, -0.2) is 0 Å². The second-order valence-electron chi connectivity index (χ2n) is 4.27. The zero-order chi connectivity index (χ0) is 12.5. The summed E-state index contributed by atoms with van der Waals surface area (Å²) in [6, 6.07) is 5.36. The fraction of sp³-hybridized carbons (Fsp3) is 0.417. The molecule has 0 radical (unpaired) electrons. The summed E-state index contributed by atoms with van der Waals surface area (Å²) in [5.74, 6) is 1.43. The van der Waals surface area contributed by atoms with Gasteiger partial charge in [0.1, 0.15) is 6.04 Å². The Morgan fingerprint density at radius 3 is 3.06 bits per heavy atom. The molecule has 3 N–H and O–H groups in total. The van der Waals surface area contributed by atoms with Gasteiger partial charge in [0.25, 0.3) is 0 Å². The van der Waals surface area contributed by atoms with E-state index in [4.69, 9.17) is 15.2 Å². The lowest BCUT2D eigenvalue weighted by molar-refractivity contribution is -0.123. The predicted octanol–water partition coefficient (Wildman–Crippen LogP) is -0.321. The van der Waals surface area contributed by atoms with Crippen molar-refractivity contribution in [2.24, 2.45) is 5.73 Å². The smallest absolute Gasteiger partial charge is 0.244 e. The number of nitrogens with one attached hydrogen (secondary N) is 1. The average molecular weight is 249 g/mol. The number of carbonyl (C=O) groups is 1. The second-order valence-corrected chi connectivity index (χ2v) is 4.27. The highest BCUT2D eigenvalue weighted by Crippen LogP contribution is 2.36. The highest BCUT2D eigenvalue weighted by Gasteiger charge is 2.29. The Labute approximate surface area is 105 Å². The van der Waals surface area contributed by atoms with Crippen molar-refractivity contribution < 1.29 is 14.3 Å². The maximum atomic E-state index is 11.8. The topological polar surface area (TPSA) is 76.8 Å². The molecule has 18 heavy (non-hydrogen) atoms. The van der Waals surface area contributed by atoms with E-state index in [0.717, 1.165) is 18.0 Å². The molecule has 1 aromatic carbocycles. The first-order valence-electron chi connectivity index (χ1n) is 5.93. The van der Waals surface area contributed by atoms with Crippen LogP contribution in [0.1, 0.15) is 0 Å². The minimum atomic E-state index is -0.320. The Bertz CT molecular complexity index is 478. The highest BCUT2D eigenvalue weighted by atomic mass is 16.7. The SMILES string of the molecule is NCC1C(=O)NCCN1c1ccc2c(c1)OCO2. The zero-order valence-electron chi connectivity index (χ0n) is 9.89. The molecule has 96 valence electrons. The van der Waals surface area contributed by atoms with Crippen molar-refractivity contribution in [1.82, 2.24) is 5.32 Å². The molecule has 2 aliphatic rings. The van der Waals surface area contributed by atoms with Gasteiger partial charge < -0.3 is 25.4 Å². The Balaban J connectivity index is 1.91. The van der Waals surface area contributed by atoms with Gasteiger partial charge >= 0.3 is 0 Å². The summed E-state index contributed by atoms with van der Waals surface area (Å²) in [4.78, 5) is 13.8. The molecule has 1 unspecified atom stereocenters. The molecule has 1 aromatic rings. The van der Waals surface area contributed by atoms with Crippen LogP contribution in [0.2, 0.25) is 0 Å². The van der Waals surface area contributed by atoms with Crippen molar-refractivity contribution in [2.75, 3.05) is 31.3 Å². The van der Waals surface area contributed by atoms with Gasteiger partial charge in [0.05, 0.1) is 0 Å². The first-order valence-corrected chi connectivity index (χ1v) is 5.93. The van der Waals surface area contributed by atoms with Crippen LogP contribution in [0.25, 0.3) is 0 Å². The number of rotatable bonds is 2. The molecule has 0 aromatic heterocycles. The number of carbonyl (C=O) groups excluding carboxylic acids is 1. The summed E-state index contributed by atoms with van der Waals surface area (Å²) in [6.07, 6.45) is 0. The van der Waals surface area contributed by atoms with Gasteiger partial charge in [0, 0.05) is 31.4 Å². The maximum absolute atomic E-state index is 11.8. The molecule has 1 saturated heterocycles. The number of piperazine rings is 1. The summed E-state index contributed by atoms with van der Waals surface area (Å²) < 4.78 is 10.6. The van der Waals surface area contributed by atoms with Crippen LogP contribution in [0.5, 0.6) is 11.5 Å². The quantitative estimate of drug-likeness (QED) is 0.751. The molecule has 0 saturated carbocycles. The van der Waals surface area contributed by atoms with Crippen LogP contribution in [-0.2, 0) is 4.79 Å². The molecule has 0 spiro atoms. The third-order valence-corrected chi connectivity index (χ3v) is 3.24. The van der Waals surface area contributed by atoms with Crippen molar-refractivity contribution >= 4 is 11.6 Å². The van der Waals surface area contributed by atoms with Crippen molar-refractivity contribution in [3.05, 3.63) is 18.2 Å². The number of nitrogens with two attached hydrogens (primary N) is 1. The second kappa shape index (κ2) is 4.38. The molecule has 1 fully saturated rings. The van der Waals surface area contributed by atoms with E-state index in [0.29, 0.717) is 18.8 Å². The largest absolute Gasteiger partial charge is 0.454 e. The van der Waals surface area contributed by atoms with Crippen LogP contribution in [-0.4, -0.2) is 38.4 Å². The normalized spacial score (nSPS) is 21.9. The molecule has 2 heterocycles. The zero-order valence-corrected chi connectivity index (χ0v) is 9.89. The van der Waals surface area contributed by atoms with E-state index in [1.54, 1.807) is 0 Å². The van der Waals surface area contributed by atoms with Crippen molar-refractivity contribution in [1.29, 1.82) is 0 Å². The Kier molecular flexibility index (Phi) is 2.71. The minimum absolute atomic E-state index is 0.0265. The molecule has 6 heteroatoms. The van der Waals surface area contributed by atoms with E-state index in [1.807, 2.05) is 23.1 Å². The van der Waals surface area contributed by atoms with Gasteiger partial charge in [-0.15, -0.1) is 0 Å². The third kappa shape index (κ3) is 1.74. The van der Waals surface area contributed by atoms with Crippen LogP contribution in [0.3, 0.4) is 0 Å². The van der Waals surface area contributed by atoms with Gasteiger partial charge in [-0.3, -0.25) is 4.79 Å². The summed E-state index contributed by atoms with van der Waals surface area (Å²) in [5.41, 5.74) is 6.61. The van der Waals surface area contributed by atoms with Gasteiger partial charge in [-0.2, -0.15) is 0 Å². The van der Waals surface area contributed by atoms with Gasteiger partial charge in [0.15, 0.2) is 11.5 Å². The van der Waals surface area contributed by atoms with Crippen molar-refractivity contribution in [2.45, 2.75) is 6.04 Å². The minimum Gasteiger partial charge on any atom is -0.454 e. The van der Waals surface area contributed by atoms with Crippen LogP contribution in [0.15, 0.2) is 18.2 Å². The van der Waals surface area contributed by atoms with Gasteiger partial charge in [0.2, 0.25) is 12.7 Å². The van der Waals surface area contributed by atoms with Crippen molar-refractivity contribution in [3.8, 4) is 11.5 Å². The predicted molar refractivity (Wildman–Crippen MR) is 65.8 cm³/mol. The van der Waals surface area contributed by atoms with Gasteiger partial charge in [-0.1, -0.05) is 0 Å². The number of fused-ring (bicyclic) bond motifs is 1. The van der Waals surface area contributed by atoms with Crippen LogP contribution in [0, 0.1) is 0 Å². The van der Waals surface area contributed by atoms with E-state index in [9.17, 15) is 4.79 Å². The summed E-state index contributed by atoms with van der Waals surface area (Å²) in [6.45, 7) is 1.91. The Hall–Kier alpha value is -1.95. The lowest BCUT2D eigenvalue weighted by Gasteiger charge is -2.36. The van der Waals surface area contributed by atoms with E-state index in [-0.39, 0.29) is 18.7 Å². The fourth-order valence-corrected chi connectivity index (χ4v) is 2.32. The number of anilines is 1. The molecule has 1 amide bonds. The first kappa shape index (κ1) is 11.2. The Morgan fingerprint density at radius 2 is 2.22 bits per heavy atom. The number of amides is 1. The third-order valence-electron chi connectivity index (χ3n) is 3.24. The number of ether oxygens (including phenoxy) is 2. The highest BCUT2D eigenvalue weighted by molar-refractivity contribution is 5.87. The van der Waals surface area contributed by atoms with Gasteiger partial charge in [-0.05, 0) is 12.1 Å². The standard InChI is InChI=1S/C12H15N3O3/c13-6-9-12(16)14-3-4-15(9)8-1-2-10-11(5-8)18-7-17-10/h1-2,5,9H,3-4,6-7,13H2,(H,14,16). The Morgan fingerprint density at radius 1 is 1.39 bits per heavy atom. The lowest BCUT2D eigenvalue weighted by atomic mass is 10.1. The van der Waals surface area contributed by atoms with E-state index < -0.39 is 0 Å². The number of hydrogen-bond acceptors (Lipinski definition) is 5. The summed E-state index contributed by atoms with van der Waals surface area (Å²) in [7, 11) is 0. The summed E-state index contributed by atoms with van der Waals surface area (Å²) in [5, 5.41) is 2.82. The molecule has 0 bridgehead atoms. The molecule has 2 aliphatic heterocycles. The van der Waals surface area contributed by atoms with Crippen LogP contribution < -0.4 is 25.4 Å². The molecule has 3 rings (SSSR count). The fourth-order valence-electron chi connectivity index (χ4n) is 2.32. The van der Waals surface area contributed by atoms with E-state index >= 15 is 0 Å². The molecule has 1 atom stereocenters. The van der Waals surface area contributed by atoms with Crippen LogP contribution in [0.4, 0.5) is 5.69 Å². The average Bonchev–Trinajstić information content (AvgIpc) is 2.85. The number of nitrogens with zero attached hydrogens (tertiary/aromatic N) is 1. The van der Waals surface area contributed by atoms with E-state index in [1.165, 1.54) is 0 Å². The summed E-state index contributed by atoms with van der Waals surface area (Å²) >= 11 is 0. The lowest BCUT2D eigenvalue weighted by Crippen LogP contribution is -2.58. The molecule has 0 aliphatic carbocycles. The van der Waals surface area contributed by atoms with Crippen molar-refractivity contribution in [3.63, 3.8) is 0 Å². The number of benzene rings is 1. The van der Waals surface area contributed by atoms with E-state index in [2.05, 4.69) is 5.32 Å². The maximum Gasteiger partial charge on any atom is 0.244 e.